The number of halogens is 1. The normalized spacial score (nSPS) is 27.3. The monoisotopic (exact) mass is 242 g/mol. The average Bonchev–Trinajstić information content (AvgIpc) is 2.43. The highest BCUT2D eigenvalue weighted by Gasteiger charge is 2.49. The summed E-state index contributed by atoms with van der Waals surface area (Å²) in [6.45, 7) is 13.5. The third-order valence-electron chi connectivity index (χ3n) is 4.49. The lowest BCUT2D eigenvalue weighted by Crippen LogP contribution is -2.39. The molecule has 0 heterocycles. The zero-order valence-corrected chi connectivity index (χ0v) is 12.6. The van der Waals surface area contributed by atoms with Crippen LogP contribution in [0, 0.1) is 0 Å². The van der Waals surface area contributed by atoms with E-state index in [1.54, 1.807) is 0 Å². The molecule has 0 radical (unpaired) electrons. The Hall–Kier alpha value is -0.0131. The SMILES string of the molecule is CC[Si](Cl)(CC)C1(C)C=C(C)C(C)=C1C. The van der Waals surface area contributed by atoms with Gasteiger partial charge in [-0.15, -0.1) is 0 Å². The van der Waals surface area contributed by atoms with E-state index in [1.807, 2.05) is 0 Å². The van der Waals surface area contributed by atoms with E-state index in [1.165, 1.54) is 16.7 Å². The highest BCUT2D eigenvalue weighted by atomic mass is 35.6. The topological polar surface area (TPSA) is 0 Å². The second-order valence-electron chi connectivity index (χ2n) is 4.95. The van der Waals surface area contributed by atoms with Gasteiger partial charge in [-0.1, -0.05) is 38.0 Å². The van der Waals surface area contributed by atoms with Crippen molar-refractivity contribution in [3.8, 4) is 0 Å². The van der Waals surface area contributed by atoms with Gasteiger partial charge in [0.05, 0.1) is 0 Å². The van der Waals surface area contributed by atoms with E-state index in [4.69, 9.17) is 11.1 Å². The fourth-order valence-corrected chi connectivity index (χ4v) is 6.68. The van der Waals surface area contributed by atoms with Crippen LogP contribution >= 0.6 is 11.1 Å². The molecule has 0 aromatic heterocycles. The molecular formula is C13H23ClSi. The molecule has 86 valence electrons. The largest absolute Gasteiger partial charge is 0.169 e. The van der Waals surface area contributed by atoms with Crippen molar-refractivity contribution in [2.24, 2.45) is 0 Å². The maximum absolute atomic E-state index is 6.94. The van der Waals surface area contributed by atoms with E-state index >= 15 is 0 Å². The third kappa shape index (κ3) is 1.74. The van der Waals surface area contributed by atoms with Gasteiger partial charge in [0.1, 0.15) is 0 Å². The Morgan fingerprint density at radius 2 is 1.67 bits per heavy atom. The Morgan fingerprint density at radius 1 is 1.20 bits per heavy atom. The van der Waals surface area contributed by atoms with Gasteiger partial charge in [-0.25, -0.2) is 0 Å². The molecular weight excluding hydrogens is 220 g/mol. The first kappa shape index (κ1) is 13.1. The molecule has 0 aliphatic heterocycles. The molecule has 2 heteroatoms. The minimum absolute atomic E-state index is 0.173. The van der Waals surface area contributed by atoms with Crippen LogP contribution in [-0.2, 0) is 0 Å². The van der Waals surface area contributed by atoms with Gasteiger partial charge in [0.2, 0.25) is 0 Å². The smallest absolute Gasteiger partial charge is 0.166 e. The van der Waals surface area contributed by atoms with E-state index in [9.17, 15) is 0 Å². The van der Waals surface area contributed by atoms with Crippen molar-refractivity contribution in [3.05, 3.63) is 22.8 Å². The summed E-state index contributed by atoms with van der Waals surface area (Å²) >= 11 is 6.94. The molecule has 15 heavy (non-hydrogen) atoms. The van der Waals surface area contributed by atoms with Crippen molar-refractivity contribution in [3.63, 3.8) is 0 Å². The van der Waals surface area contributed by atoms with Crippen molar-refractivity contribution in [1.29, 1.82) is 0 Å². The van der Waals surface area contributed by atoms with E-state index in [0.717, 1.165) is 12.1 Å². The predicted molar refractivity (Wildman–Crippen MR) is 73.1 cm³/mol. The van der Waals surface area contributed by atoms with Crippen molar-refractivity contribution in [1.82, 2.24) is 0 Å². The summed E-state index contributed by atoms with van der Waals surface area (Å²) in [7, 11) is -1.70. The summed E-state index contributed by atoms with van der Waals surface area (Å²) in [6, 6.07) is 2.30. The highest BCUT2D eigenvalue weighted by molar-refractivity contribution is 7.22. The maximum Gasteiger partial charge on any atom is 0.169 e. The van der Waals surface area contributed by atoms with Gasteiger partial charge >= 0.3 is 0 Å². The molecule has 0 aromatic rings. The molecule has 1 atom stereocenters. The summed E-state index contributed by atoms with van der Waals surface area (Å²) in [5.74, 6) is 0. The van der Waals surface area contributed by atoms with Gasteiger partial charge in [0, 0.05) is 5.04 Å². The molecule has 1 rings (SSSR count). The molecule has 0 bridgehead atoms. The Bertz CT molecular complexity index is 323. The summed E-state index contributed by atoms with van der Waals surface area (Å²) < 4.78 is 0. The molecule has 0 fully saturated rings. The Kier molecular flexibility index (Phi) is 3.57. The van der Waals surface area contributed by atoms with Crippen LogP contribution in [0.2, 0.25) is 17.1 Å². The predicted octanol–water partition coefficient (Wildman–Crippen LogP) is 5.27. The first-order valence-electron chi connectivity index (χ1n) is 5.89. The Morgan fingerprint density at radius 3 is 1.93 bits per heavy atom. The minimum atomic E-state index is -1.70. The van der Waals surface area contributed by atoms with E-state index in [-0.39, 0.29) is 5.04 Å². The first-order chi connectivity index (χ1) is 6.82. The fraction of sp³-hybridized carbons (Fsp3) is 0.692. The van der Waals surface area contributed by atoms with Crippen LogP contribution in [0.5, 0.6) is 0 Å². The van der Waals surface area contributed by atoms with E-state index in [2.05, 4.69) is 47.6 Å². The fourth-order valence-electron chi connectivity index (χ4n) is 2.78. The van der Waals surface area contributed by atoms with Crippen LogP contribution in [0.25, 0.3) is 0 Å². The Labute approximate surface area is 100 Å². The molecule has 1 aliphatic rings. The summed E-state index contributed by atoms with van der Waals surface area (Å²) in [4.78, 5) is 0. The molecule has 0 N–H and O–H groups in total. The minimum Gasteiger partial charge on any atom is -0.166 e. The van der Waals surface area contributed by atoms with Crippen molar-refractivity contribution in [2.75, 3.05) is 0 Å². The number of hydrogen-bond acceptors (Lipinski definition) is 0. The van der Waals surface area contributed by atoms with Crippen molar-refractivity contribution in [2.45, 2.75) is 58.7 Å². The van der Waals surface area contributed by atoms with Gasteiger partial charge in [-0.05, 0) is 38.4 Å². The third-order valence-corrected chi connectivity index (χ3v) is 11.9. The number of rotatable bonds is 3. The first-order valence-corrected chi connectivity index (χ1v) is 9.31. The zero-order valence-electron chi connectivity index (χ0n) is 10.9. The molecule has 0 nitrogen and oxygen atoms in total. The molecule has 1 unspecified atom stereocenters. The van der Waals surface area contributed by atoms with E-state index in [0.29, 0.717) is 0 Å². The van der Waals surface area contributed by atoms with Crippen LogP contribution < -0.4 is 0 Å². The summed E-state index contributed by atoms with van der Waals surface area (Å²) in [6.07, 6.45) is 2.42. The average molecular weight is 243 g/mol. The zero-order chi connectivity index (χ0) is 11.9. The quantitative estimate of drug-likeness (QED) is 0.467. The second kappa shape index (κ2) is 4.10. The van der Waals surface area contributed by atoms with Crippen molar-refractivity contribution >= 4 is 18.5 Å². The van der Waals surface area contributed by atoms with Gasteiger partial charge in [0.25, 0.3) is 0 Å². The standard InChI is InChI=1S/C13H23ClSi/c1-7-15(14,8-2)13(6)9-10(3)11(4)12(13)5/h9H,7-8H2,1-6H3. The van der Waals surface area contributed by atoms with Crippen LogP contribution in [0.1, 0.15) is 41.5 Å². The lowest BCUT2D eigenvalue weighted by molar-refractivity contribution is 0.844. The molecule has 0 saturated heterocycles. The van der Waals surface area contributed by atoms with Crippen LogP contribution in [0.15, 0.2) is 22.8 Å². The van der Waals surface area contributed by atoms with E-state index < -0.39 is 7.38 Å². The molecule has 0 saturated carbocycles. The van der Waals surface area contributed by atoms with Gasteiger partial charge in [-0.3, -0.25) is 0 Å². The maximum atomic E-state index is 6.94. The van der Waals surface area contributed by atoms with Crippen LogP contribution in [0.4, 0.5) is 0 Å². The van der Waals surface area contributed by atoms with Gasteiger partial charge in [-0.2, -0.15) is 11.1 Å². The molecule has 1 aliphatic carbocycles. The highest BCUT2D eigenvalue weighted by Crippen LogP contribution is 2.57. The van der Waals surface area contributed by atoms with Gasteiger partial charge < -0.3 is 0 Å². The second-order valence-corrected chi connectivity index (χ2v) is 11.5. The van der Waals surface area contributed by atoms with Gasteiger partial charge in [0.15, 0.2) is 7.38 Å². The van der Waals surface area contributed by atoms with Crippen LogP contribution in [0.3, 0.4) is 0 Å². The van der Waals surface area contributed by atoms with Crippen LogP contribution in [-0.4, -0.2) is 7.38 Å². The molecule has 0 aromatic carbocycles. The number of hydrogen-bond donors (Lipinski definition) is 0. The lowest BCUT2D eigenvalue weighted by atomic mass is 10.0. The lowest BCUT2D eigenvalue weighted by Gasteiger charge is -2.39. The summed E-state index contributed by atoms with van der Waals surface area (Å²) in [5, 5.41) is 0.173. The number of allylic oxidation sites excluding steroid dienone is 4. The molecule has 0 spiro atoms. The Balaban J connectivity index is 3.26. The molecule has 0 amide bonds. The summed E-state index contributed by atoms with van der Waals surface area (Å²) in [5.41, 5.74) is 4.39. The van der Waals surface area contributed by atoms with Crippen molar-refractivity contribution < 1.29 is 0 Å².